The summed E-state index contributed by atoms with van der Waals surface area (Å²) in [7, 11) is 0. The Labute approximate surface area is 112 Å². The van der Waals surface area contributed by atoms with E-state index in [0.29, 0.717) is 0 Å². The minimum absolute atomic E-state index is 0.0160. The molecule has 1 aromatic heterocycles. The molecule has 0 spiro atoms. The van der Waals surface area contributed by atoms with Crippen LogP contribution < -0.4 is 10.1 Å². The zero-order valence-electron chi connectivity index (χ0n) is 10.1. The average Bonchev–Trinajstić information content (AvgIpc) is 2.41. The fourth-order valence-corrected chi connectivity index (χ4v) is 1.49. The minimum atomic E-state index is -2.96. The summed E-state index contributed by atoms with van der Waals surface area (Å²) in [5, 5.41) is 11.8. The highest BCUT2D eigenvalue weighted by atomic mass is 19.3. The summed E-state index contributed by atoms with van der Waals surface area (Å²) in [4.78, 5) is 15.7. The maximum Gasteiger partial charge on any atom is 0.387 e. The predicted molar refractivity (Wildman–Crippen MR) is 66.9 cm³/mol. The van der Waals surface area contributed by atoms with E-state index in [1.165, 1.54) is 42.6 Å². The van der Waals surface area contributed by atoms with Crippen LogP contribution in [0.15, 0.2) is 42.6 Å². The molecule has 0 aliphatic heterocycles. The Bertz CT molecular complexity index is 620. The zero-order chi connectivity index (χ0) is 14.5. The van der Waals surface area contributed by atoms with Gasteiger partial charge in [0.05, 0.1) is 0 Å². The van der Waals surface area contributed by atoms with Crippen molar-refractivity contribution in [3.63, 3.8) is 0 Å². The number of hydrogen-bond acceptors (Lipinski definition) is 4. The van der Waals surface area contributed by atoms with E-state index < -0.39 is 12.5 Å². The number of carbonyl (C=O) groups excluding carboxylic acids is 1. The lowest BCUT2D eigenvalue weighted by molar-refractivity contribution is -0.0498. The number of anilines is 1. The van der Waals surface area contributed by atoms with Gasteiger partial charge in [0.25, 0.3) is 5.91 Å². The number of amides is 1. The van der Waals surface area contributed by atoms with E-state index in [2.05, 4.69) is 15.0 Å². The van der Waals surface area contributed by atoms with Crippen molar-refractivity contribution < 1.29 is 23.4 Å². The van der Waals surface area contributed by atoms with Crippen molar-refractivity contribution in [2.24, 2.45) is 0 Å². The number of rotatable bonds is 4. The molecular formula is C13H10F2N2O3. The Morgan fingerprint density at radius 2 is 2.10 bits per heavy atom. The fraction of sp³-hybridized carbons (Fsp3) is 0.0769. The first-order valence-electron chi connectivity index (χ1n) is 5.56. The van der Waals surface area contributed by atoms with Crippen LogP contribution in [0, 0.1) is 0 Å². The molecule has 7 heteroatoms. The summed E-state index contributed by atoms with van der Waals surface area (Å²) in [5.74, 6) is -0.935. The molecule has 20 heavy (non-hydrogen) atoms. The topological polar surface area (TPSA) is 71.5 Å². The summed E-state index contributed by atoms with van der Waals surface area (Å²) in [6.07, 6.45) is 1.39. The second-order valence-corrected chi connectivity index (χ2v) is 3.73. The SMILES string of the molecule is O=C(Nc1ncccc1O)c1cccc(OC(F)F)c1. The van der Waals surface area contributed by atoms with E-state index in [1.54, 1.807) is 0 Å². The second-order valence-electron chi connectivity index (χ2n) is 3.73. The Kier molecular flexibility index (Phi) is 4.09. The van der Waals surface area contributed by atoms with E-state index >= 15 is 0 Å². The zero-order valence-corrected chi connectivity index (χ0v) is 10.1. The van der Waals surface area contributed by atoms with Gasteiger partial charge in [0, 0.05) is 11.8 Å². The Morgan fingerprint density at radius 1 is 1.30 bits per heavy atom. The highest BCUT2D eigenvalue weighted by Crippen LogP contribution is 2.21. The van der Waals surface area contributed by atoms with Gasteiger partial charge >= 0.3 is 6.61 Å². The van der Waals surface area contributed by atoms with Crippen molar-refractivity contribution in [2.75, 3.05) is 5.32 Å². The van der Waals surface area contributed by atoms with E-state index in [9.17, 15) is 18.7 Å². The summed E-state index contributed by atoms with van der Waals surface area (Å²) < 4.78 is 28.4. The number of halogens is 2. The highest BCUT2D eigenvalue weighted by molar-refractivity contribution is 6.04. The van der Waals surface area contributed by atoms with Crippen molar-refractivity contribution >= 4 is 11.7 Å². The normalized spacial score (nSPS) is 10.3. The van der Waals surface area contributed by atoms with Gasteiger partial charge in [-0.1, -0.05) is 6.07 Å². The largest absolute Gasteiger partial charge is 0.504 e. The standard InChI is InChI=1S/C13H10F2N2O3/c14-13(15)20-9-4-1-3-8(7-9)12(19)17-11-10(18)5-2-6-16-11/h1-7,13,18H,(H,16,17,19). The van der Waals surface area contributed by atoms with Gasteiger partial charge in [-0.25, -0.2) is 4.98 Å². The predicted octanol–water partition coefficient (Wildman–Crippen LogP) is 2.64. The third kappa shape index (κ3) is 3.41. The molecule has 104 valence electrons. The van der Waals surface area contributed by atoms with Crippen molar-refractivity contribution in [2.45, 2.75) is 6.61 Å². The number of nitrogens with one attached hydrogen (secondary N) is 1. The van der Waals surface area contributed by atoms with Crippen molar-refractivity contribution in [3.8, 4) is 11.5 Å². The molecule has 5 nitrogen and oxygen atoms in total. The van der Waals surface area contributed by atoms with Crippen molar-refractivity contribution in [3.05, 3.63) is 48.2 Å². The van der Waals surface area contributed by atoms with E-state index in [1.807, 2.05) is 0 Å². The minimum Gasteiger partial charge on any atom is -0.504 e. The lowest BCUT2D eigenvalue weighted by Gasteiger charge is -2.08. The summed E-state index contributed by atoms with van der Waals surface area (Å²) >= 11 is 0. The molecule has 1 amide bonds. The van der Waals surface area contributed by atoms with Crippen LogP contribution in [-0.2, 0) is 0 Å². The number of carbonyl (C=O) groups is 1. The molecule has 2 aromatic rings. The van der Waals surface area contributed by atoms with Gasteiger partial charge in [-0.3, -0.25) is 4.79 Å². The Balaban J connectivity index is 2.15. The van der Waals surface area contributed by atoms with Gasteiger partial charge in [0.2, 0.25) is 0 Å². The first-order valence-corrected chi connectivity index (χ1v) is 5.56. The third-order valence-corrected chi connectivity index (χ3v) is 2.34. The van der Waals surface area contributed by atoms with Gasteiger partial charge in [-0.15, -0.1) is 0 Å². The molecule has 0 aliphatic rings. The van der Waals surface area contributed by atoms with Crippen LogP contribution in [0.1, 0.15) is 10.4 Å². The molecular weight excluding hydrogens is 270 g/mol. The van der Waals surface area contributed by atoms with Gasteiger partial charge in [0.15, 0.2) is 11.6 Å². The number of benzene rings is 1. The molecule has 1 heterocycles. The smallest absolute Gasteiger partial charge is 0.387 e. The Morgan fingerprint density at radius 3 is 2.80 bits per heavy atom. The Hall–Kier alpha value is -2.70. The van der Waals surface area contributed by atoms with E-state index in [-0.39, 0.29) is 22.9 Å². The number of nitrogens with zero attached hydrogens (tertiary/aromatic N) is 1. The van der Waals surface area contributed by atoms with Crippen molar-refractivity contribution in [1.82, 2.24) is 4.98 Å². The molecule has 0 bridgehead atoms. The van der Waals surface area contributed by atoms with Crippen LogP contribution in [0.2, 0.25) is 0 Å². The summed E-state index contributed by atoms with van der Waals surface area (Å²) in [6, 6.07) is 8.17. The molecule has 0 atom stereocenters. The number of ether oxygens (including phenoxy) is 1. The van der Waals surface area contributed by atoms with Crippen LogP contribution in [-0.4, -0.2) is 22.6 Å². The van der Waals surface area contributed by atoms with Gasteiger partial charge in [-0.2, -0.15) is 8.78 Å². The van der Waals surface area contributed by atoms with Gasteiger partial charge < -0.3 is 15.2 Å². The maximum atomic E-state index is 12.1. The van der Waals surface area contributed by atoms with Gasteiger partial charge in [0.1, 0.15) is 5.75 Å². The number of alkyl halides is 2. The quantitative estimate of drug-likeness (QED) is 0.903. The molecule has 0 saturated heterocycles. The van der Waals surface area contributed by atoms with E-state index in [0.717, 1.165) is 0 Å². The number of pyridine rings is 1. The molecule has 0 saturated carbocycles. The average molecular weight is 280 g/mol. The van der Waals surface area contributed by atoms with Crippen LogP contribution in [0.25, 0.3) is 0 Å². The second kappa shape index (κ2) is 5.96. The molecule has 2 N–H and O–H groups in total. The summed E-state index contributed by atoms with van der Waals surface area (Å²) in [6.45, 7) is -2.96. The van der Waals surface area contributed by atoms with Crippen molar-refractivity contribution in [1.29, 1.82) is 0 Å². The third-order valence-electron chi connectivity index (χ3n) is 2.34. The van der Waals surface area contributed by atoms with Crippen LogP contribution in [0.3, 0.4) is 0 Å². The van der Waals surface area contributed by atoms with Crippen LogP contribution in [0.5, 0.6) is 11.5 Å². The van der Waals surface area contributed by atoms with E-state index in [4.69, 9.17) is 0 Å². The van der Waals surface area contributed by atoms with Gasteiger partial charge in [-0.05, 0) is 30.3 Å². The first-order chi connectivity index (χ1) is 9.56. The molecule has 2 rings (SSSR count). The molecule has 0 fully saturated rings. The maximum absolute atomic E-state index is 12.1. The number of hydrogen-bond donors (Lipinski definition) is 2. The van der Waals surface area contributed by atoms with Crippen LogP contribution >= 0.6 is 0 Å². The monoisotopic (exact) mass is 280 g/mol. The molecule has 0 radical (unpaired) electrons. The number of aromatic hydroxyl groups is 1. The number of aromatic nitrogens is 1. The molecule has 0 aliphatic carbocycles. The highest BCUT2D eigenvalue weighted by Gasteiger charge is 2.11. The van der Waals surface area contributed by atoms with Crippen LogP contribution in [0.4, 0.5) is 14.6 Å². The lowest BCUT2D eigenvalue weighted by Crippen LogP contribution is -2.13. The summed E-state index contributed by atoms with van der Waals surface area (Å²) in [5.41, 5.74) is 0.105. The lowest BCUT2D eigenvalue weighted by atomic mass is 10.2. The molecule has 0 unspecified atom stereocenters. The molecule has 1 aromatic carbocycles. The first kappa shape index (κ1) is 13.7. The fourth-order valence-electron chi connectivity index (χ4n) is 1.49.